The normalized spacial score (nSPS) is 24.3. The smallest absolute Gasteiger partial charge is 0.240 e. The van der Waals surface area contributed by atoms with Gasteiger partial charge in [0.2, 0.25) is 5.91 Å². The maximum atomic E-state index is 12.6. The molecule has 0 radical (unpaired) electrons. The minimum absolute atomic E-state index is 0. The Morgan fingerprint density at radius 1 is 1.07 bits per heavy atom. The van der Waals surface area contributed by atoms with Crippen LogP contribution in [-0.2, 0) is 4.79 Å². The molecule has 5 rings (SSSR count). The number of aromatic amines is 1. The first-order valence-electron chi connectivity index (χ1n) is 9.81. The molecule has 11 heteroatoms. The molecular formula is C19H29Cl3N6OS. The summed E-state index contributed by atoms with van der Waals surface area (Å²) in [6.45, 7) is 5.83. The van der Waals surface area contributed by atoms with Gasteiger partial charge in [-0.2, -0.15) is 5.10 Å². The maximum Gasteiger partial charge on any atom is 0.240 e. The van der Waals surface area contributed by atoms with Crippen LogP contribution < -0.4 is 10.2 Å². The highest BCUT2D eigenvalue weighted by atomic mass is 35.5. The SMILES string of the molecule is Cl.Cl.Cl.O=C([C@@H]1C[C@H](N2CCN(c3n[nH]c4ccccc34)CC2)CN1)N1CCSC1. The van der Waals surface area contributed by atoms with Gasteiger partial charge in [-0.15, -0.1) is 49.0 Å². The molecule has 2 aromatic rings. The molecular weight excluding hydrogens is 467 g/mol. The van der Waals surface area contributed by atoms with Crippen LogP contribution >= 0.6 is 49.0 Å². The number of nitrogens with one attached hydrogen (secondary N) is 2. The Bertz CT molecular complexity index is 825. The highest BCUT2D eigenvalue weighted by Crippen LogP contribution is 2.26. The van der Waals surface area contributed by atoms with Gasteiger partial charge in [-0.3, -0.25) is 14.8 Å². The van der Waals surface area contributed by atoms with Gasteiger partial charge in [-0.25, -0.2) is 0 Å². The number of benzene rings is 1. The second-order valence-electron chi connectivity index (χ2n) is 7.61. The molecule has 2 atom stereocenters. The topological polar surface area (TPSA) is 67.5 Å². The molecule has 3 aliphatic heterocycles. The van der Waals surface area contributed by atoms with Crippen LogP contribution in [0.4, 0.5) is 5.82 Å². The van der Waals surface area contributed by atoms with Crippen molar-refractivity contribution in [3.05, 3.63) is 24.3 Å². The molecule has 3 fully saturated rings. The fourth-order valence-electron chi connectivity index (χ4n) is 4.48. The maximum absolute atomic E-state index is 12.6. The van der Waals surface area contributed by atoms with Gasteiger partial charge in [-0.05, 0) is 18.6 Å². The van der Waals surface area contributed by atoms with E-state index in [9.17, 15) is 4.79 Å². The molecule has 1 amide bonds. The second kappa shape index (κ2) is 11.1. The van der Waals surface area contributed by atoms with Crippen molar-refractivity contribution >= 4 is 71.6 Å². The number of amides is 1. The number of aromatic nitrogens is 2. The lowest BCUT2D eigenvalue weighted by atomic mass is 10.1. The molecule has 0 bridgehead atoms. The van der Waals surface area contributed by atoms with E-state index >= 15 is 0 Å². The summed E-state index contributed by atoms with van der Waals surface area (Å²) < 4.78 is 0. The molecule has 168 valence electrons. The molecule has 0 unspecified atom stereocenters. The summed E-state index contributed by atoms with van der Waals surface area (Å²) in [5.41, 5.74) is 1.09. The number of nitrogens with zero attached hydrogens (tertiary/aromatic N) is 4. The third-order valence-corrected chi connectivity index (χ3v) is 7.02. The van der Waals surface area contributed by atoms with Gasteiger partial charge in [0, 0.05) is 56.4 Å². The third kappa shape index (κ3) is 4.95. The Morgan fingerprint density at radius 2 is 1.83 bits per heavy atom. The predicted octanol–water partition coefficient (Wildman–Crippen LogP) is 2.21. The Hall–Kier alpha value is -0.900. The van der Waals surface area contributed by atoms with Gasteiger partial charge >= 0.3 is 0 Å². The minimum atomic E-state index is 0. The summed E-state index contributed by atoms with van der Waals surface area (Å²) in [4.78, 5) is 19.5. The lowest BCUT2D eigenvalue weighted by Gasteiger charge is -2.38. The number of rotatable bonds is 3. The number of para-hydroxylation sites is 1. The first-order valence-corrected chi connectivity index (χ1v) is 11.0. The van der Waals surface area contributed by atoms with Crippen molar-refractivity contribution in [3.8, 4) is 0 Å². The van der Waals surface area contributed by atoms with Crippen LogP contribution in [0.25, 0.3) is 10.9 Å². The zero-order chi connectivity index (χ0) is 18.2. The van der Waals surface area contributed by atoms with E-state index in [1.54, 1.807) is 0 Å². The number of halogens is 3. The van der Waals surface area contributed by atoms with Crippen molar-refractivity contribution in [1.29, 1.82) is 0 Å². The van der Waals surface area contributed by atoms with Gasteiger partial charge in [0.1, 0.15) is 0 Å². The number of piperazine rings is 1. The van der Waals surface area contributed by atoms with E-state index in [4.69, 9.17) is 0 Å². The lowest BCUT2D eigenvalue weighted by Crippen LogP contribution is -2.51. The standard InChI is InChI=1S/C19H26N6OS.3ClH/c26-19(25-9-10-27-13-25)17-11-14(12-20-17)23-5-7-24(8-6-23)18-15-3-1-2-4-16(15)21-22-18;;;/h1-4,14,17,20H,5-13H2,(H,21,22);3*1H/t14-,17-;;;/m0.../s1. The van der Waals surface area contributed by atoms with E-state index in [0.717, 1.165) is 68.7 Å². The Balaban J connectivity index is 0.00000107. The monoisotopic (exact) mass is 494 g/mol. The highest BCUT2D eigenvalue weighted by Gasteiger charge is 2.36. The van der Waals surface area contributed by atoms with Crippen LogP contribution in [-0.4, -0.2) is 88.9 Å². The molecule has 0 aliphatic carbocycles. The molecule has 0 saturated carbocycles. The summed E-state index contributed by atoms with van der Waals surface area (Å²) in [6.07, 6.45) is 0.936. The van der Waals surface area contributed by atoms with E-state index in [-0.39, 0.29) is 43.3 Å². The third-order valence-electron chi connectivity index (χ3n) is 6.05. The van der Waals surface area contributed by atoms with Crippen molar-refractivity contribution in [2.45, 2.75) is 18.5 Å². The van der Waals surface area contributed by atoms with Gasteiger partial charge < -0.3 is 15.1 Å². The number of anilines is 1. The van der Waals surface area contributed by atoms with Crippen LogP contribution in [0.2, 0.25) is 0 Å². The average Bonchev–Trinajstić information content (AvgIpc) is 3.48. The zero-order valence-electron chi connectivity index (χ0n) is 16.7. The summed E-state index contributed by atoms with van der Waals surface area (Å²) in [6, 6.07) is 8.77. The van der Waals surface area contributed by atoms with E-state index in [1.807, 2.05) is 22.7 Å². The van der Waals surface area contributed by atoms with E-state index in [2.05, 4.69) is 43.5 Å². The van der Waals surface area contributed by atoms with Crippen molar-refractivity contribution in [2.75, 3.05) is 55.8 Å². The molecule has 1 aromatic heterocycles. The lowest BCUT2D eigenvalue weighted by molar-refractivity contribution is -0.131. The summed E-state index contributed by atoms with van der Waals surface area (Å²) >= 11 is 1.85. The number of H-pyrrole nitrogens is 1. The molecule has 7 nitrogen and oxygen atoms in total. The van der Waals surface area contributed by atoms with Gasteiger partial charge in [0.05, 0.1) is 17.4 Å². The molecule has 3 aliphatic rings. The van der Waals surface area contributed by atoms with E-state index in [0.29, 0.717) is 11.9 Å². The van der Waals surface area contributed by atoms with Crippen LogP contribution in [0, 0.1) is 0 Å². The Morgan fingerprint density at radius 3 is 2.57 bits per heavy atom. The number of hydrogen-bond donors (Lipinski definition) is 2. The molecule has 30 heavy (non-hydrogen) atoms. The van der Waals surface area contributed by atoms with Crippen LogP contribution in [0.5, 0.6) is 0 Å². The van der Waals surface area contributed by atoms with Crippen LogP contribution in [0.15, 0.2) is 24.3 Å². The van der Waals surface area contributed by atoms with Crippen molar-refractivity contribution < 1.29 is 4.79 Å². The molecule has 3 saturated heterocycles. The van der Waals surface area contributed by atoms with Crippen LogP contribution in [0.1, 0.15) is 6.42 Å². The van der Waals surface area contributed by atoms with Crippen molar-refractivity contribution in [3.63, 3.8) is 0 Å². The van der Waals surface area contributed by atoms with Gasteiger partial charge in [-0.1, -0.05) is 12.1 Å². The van der Waals surface area contributed by atoms with Crippen LogP contribution in [0.3, 0.4) is 0 Å². The first kappa shape index (κ1) is 25.4. The number of hydrogen-bond acceptors (Lipinski definition) is 6. The second-order valence-corrected chi connectivity index (χ2v) is 8.68. The van der Waals surface area contributed by atoms with Crippen molar-refractivity contribution in [1.82, 2.24) is 25.3 Å². The van der Waals surface area contributed by atoms with E-state index < -0.39 is 0 Å². The molecule has 4 heterocycles. The fourth-order valence-corrected chi connectivity index (χ4v) is 5.44. The summed E-state index contributed by atoms with van der Waals surface area (Å²) in [5.74, 6) is 3.29. The molecule has 2 N–H and O–H groups in total. The Labute approximate surface area is 199 Å². The Kier molecular flexibility index (Phi) is 9.39. The first-order chi connectivity index (χ1) is 13.3. The number of carbonyl (C=O) groups is 1. The molecule has 1 aromatic carbocycles. The highest BCUT2D eigenvalue weighted by molar-refractivity contribution is 7.99. The number of carbonyl (C=O) groups excluding carboxylic acids is 1. The summed E-state index contributed by atoms with van der Waals surface area (Å²) in [5, 5.41) is 12.3. The van der Waals surface area contributed by atoms with E-state index in [1.165, 1.54) is 5.39 Å². The quantitative estimate of drug-likeness (QED) is 0.681. The minimum Gasteiger partial charge on any atom is -0.352 e. The average molecular weight is 496 g/mol. The summed E-state index contributed by atoms with van der Waals surface area (Å²) in [7, 11) is 0. The molecule has 0 spiro atoms. The predicted molar refractivity (Wildman–Crippen MR) is 131 cm³/mol. The largest absolute Gasteiger partial charge is 0.352 e. The van der Waals surface area contributed by atoms with Gasteiger partial charge in [0.25, 0.3) is 0 Å². The number of fused-ring (bicyclic) bond motifs is 1. The fraction of sp³-hybridized carbons (Fsp3) is 0.579. The van der Waals surface area contributed by atoms with Crippen molar-refractivity contribution in [2.24, 2.45) is 0 Å². The number of thioether (sulfide) groups is 1. The zero-order valence-corrected chi connectivity index (χ0v) is 19.9. The van der Waals surface area contributed by atoms with Gasteiger partial charge in [0.15, 0.2) is 5.82 Å².